The molecule has 0 amide bonds. The van der Waals surface area contributed by atoms with E-state index in [4.69, 9.17) is 0 Å². The average molecular weight is 397 g/mol. The molecule has 0 bridgehead atoms. The van der Waals surface area contributed by atoms with Crippen molar-refractivity contribution in [1.82, 2.24) is 0 Å². The summed E-state index contributed by atoms with van der Waals surface area (Å²) in [4.78, 5) is 0. The summed E-state index contributed by atoms with van der Waals surface area (Å²) in [6.45, 7) is 8.73. The number of fused-ring (bicyclic) bond motifs is 5. The highest BCUT2D eigenvalue weighted by atomic mass is 16.3. The second kappa shape index (κ2) is 8.58. The van der Waals surface area contributed by atoms with Gasteiger partial charge in [-0.15, -0.1) is 0 Å². The maximum absolute atomic E-state index is 10.2. The van der Waals surface area contributed by atoms with E-state index in [1.54, 1.807) is 11.1 Å². The largest absolute Gasteiger partial charge is 0.393 e. The van der Waals surface area contributed by atoms with E-state index in [0.717, 1.165) is 42.4 Å². The third-order valence-electron chi connectivity index (χ3n) is 9.16. The molecular formula is C28H44O. The van der Waals surface area contributed by atoms with Gasteiger partial charge in [0.05, 0.1) is 6.10 Å². The fraction of sp³-hybridized carbons (Fsp3) is 0.714. The van der Waals surface area contributed by atoms with Crippen LogP contribution in [0.1, 0.15) is 84.7 Å². The zero-order chi connectivity index (χ0) is 20.6. The van der Waals surface area contributed by atoms with E-state index < -0.39 is 0 Å². The number of rotatable bonds is 2. The topological polar surface area (TPSA) is 20.2 Å². The van der Waals surface area contributed by atoms with E-state index in [9.17, 15) is 5.11 Å². The molecule has 0 aliphatic heterocycles. The van der Waals surface area contributed by atoms with Crippen molar-refractivity contribution in [2.24, 2.45) is 35.0 Å². The average Bonchev–Trinajstić information content (AvgIpc) is 3.15. The lowest BCUT2D eigenvalue weighted by molar-refractivity contribution is -0.0113. The van der Waals surface area contributed by atoms with Gasteiger partial charge in [0.2, 0.25) is 0 Å². The summed E-state index contributed by atoms with van der Waals surface area (Å²) in [6.07, 6.45) is 14.0. The van der Waals surface area contributed by atoms with Gasteiger partial charge in [-0.1, -0.05) is 62.2 Å². The van der Waals surface area contributed by atoms with Crippen LogP contribution in [0.4, 0.5) is 0 Å². The van der Waals surface area contributed by atoms with Crippen molar-refractivity contribution in [2.45, 2.75) is 91.6 Å². The first-order chi connectivity index (χ1) is 14.0. The van der Waals surface area contributed by atoms with Crippen molar-refractivity contribution in [3.63, 3.8) is 0 Å². The van der Waals surface area contributed by atoms with E-state index in [1.165, 1.54) is 50.5 Å². The molecule has 0 radical (unpaired) electrons. The maximum Gasteiger partial charge on any atom is 0.0577 e. The van der Waals surface area contributed by atoms with Gasteiger partial charge >= 0.3 is 0 Å². The highest BCUT2D eigenvalue weighted by molar-refractivity contribution is 5.25. The second-order valence-electron chi connectivity index (χ2n) is 10.5. The number of aliphatic hydroxyl groups excluding tert-OH is 1. The predicted octanol–water partition coefficient (Wildman–Crippen LogP) is 7.36. The van der Waals surface area contributed by atoms with Crippen molar-refractivity contribution in [3.8, 4) is 0 Å². The van der Waals surface area contributed by atoms with Gasteiger partial charge in [0.1, 0.15) is 0 Å². The van der Waals surface area contributed by atoms with E-state index in [-0.39, 0.29) is 7.53 Å². The lowest BCUT2D eigenvalue weighted by atomic mass is 9.50. The third-order valence-corrected chi connectivity index (χ3v) is 9.16. The van der Waals surface area contributed by atoms with Crippen molar-refractivity contribution >= 4 is 0 Å². The summed E-state index contributed by atoms with van der Waals surface area (Å²) in [6, 6.07) is 9.28. The second-order valence-corrected chi connectivity index (χ2v) is 10.5. The van der Waals surface area contributed by atoms with E-state index >= 15 is 0 Å². The molecule has 5 rings (SSSR count). The highest BCUT2D eigenvalue weighted by Gasteiger charge is 2.53. The molecule has 1 heteroatoms. The molecule has 162 valence electrons. The maximum atomic E-state index is 10.2. The zero-order valence-corrected chi connectivity index (χ0v) is 19.2. The molecule has 0 aromatic heterocycles. The summed E-state index contributed by atoms with van der Waals surface area (Å²) < 4.78 is 0. The Morgan fingerprint density at radius 3 is 2.45 bits per heavy atom. The lowest BCUT2D eigenvalue weighted by Gasteiger charge is -2.55. The first-order valence-corrected chi connectivity index (χ1v) is 12.5. The number of aliphatic hydroxyl groups is 1. The van der Waals surface area contributed by atoms with Crippen LogP contribution in [-0.2, 0) is 6.42 Å². The Kier molecular flexibility index (Phi) is 6.26. The van der Waals surface area contributed by atoms with Gasteiger partial charge in [-0.25, -0.2) is 0 Å². The minimum atomic E-state index is -0.0809. The molecule has 29 heavy (non-hydrogen) atoms. The van der Waals surface area contributed by atoms with Gasteiger partial charge in [0.15, 0.2) is 0 Å². The van der Waals surface area contributed by atoms with Crippen LogP contribution in [0.25, 0.3) is 0 Å². The molecule has 4 aliphatic rings. The SMILES string of the molecule is CC.Cc1ccc(CC2CCC3C2CCC2C3CC=C3CC(O)CCC32C)cc1.[HH]. The molecule has 7 atom stereocenters. The molecule has 1 nitrogen and oxygen atoms in total. The number of aryl methyl sites for hydroxylation is 1. The van der Waals surface area contributed by atoms with Gasteiger partial charge in [-0.3, -0.25) is 0 Å². The standard InChI is InChI=1S/C26H36O.C2H6.H2/c1-17-3-5-18(6-4-17)15-19-7-9-23-22(19)11-12-25-24(23)10-8-20-16-21(27)13-14-26(20,25)2;1-2;/h3-6,8,19,21-25,27H,7,9-16H2,1-2H3;1-2H3;1H. The number of allylic oxidation sites excluding steroid dienone is 1. The molecule has 4 aliphatic carbocycles. The molecule has 3 saturated carbocycles. The van der Waals surface area contributed by atoms with Crippen molar-refractivity contribution in [3.05, 3.63) is 47.0 Å². The van der Waals surface area contributed by atoms with E-state index in [1.807, 2.05) is 13.8 Å². The number of hydrogen-bond donors (Lipinski definition) is 1. The Hall–Kier alpha value is -1.08. The van der Waals surface area contributed by atoms with Gasteiger partial charge in [0.25, 0.3) is 0 Å². The zero-order valence-electron chi connectivity index (χ0n) is 19.2. The predicted molar refractivity (Wildman–Crippen MR) is 125 cm³/mol. The number of hydrogen-bond acceptors (Lipinski definition) is 1. The Morgan fingerprint density at radius 1 is 0.966 bits per heavy atom. The minimum Gasteiger partial charge on any atom is -0.393 e. The lowest BCUT2D eigenvalue weighted by Crippen LogP contribution is -2.47. The van der Waals surface area contributed by atoms with Crippen LogP contribution in [0.5, 0.6) is 0 Å². The first kappa shape index (κ1) is 21.2. The number of benzene rings is 1. The first-order valence-electron chi connectivity index (χ1n) is 12.5. The van der Waals surface area contributed by atoms with Crippen LogP contribution in [0.15, 0.2) is 35.9 Å². The highest BCUT2D eigenvalue weighted by Crippen LogP contribution is 2.62. The van der Waals surface area contributed by atoms with E-state index in [0.29, 0.717) is 5.41 Å². The van der Waals surface area contributed by atoms with Gasteiger partial charge in [0, 0.05) is 1.43 Å². The molecule has 1 aromatic rings. The van der Waals surface area contributed by atoms with Crippen molar-refractivity contribution in [1.29, 1.82) is 0 Å². The Bertz CT molecular complexity index is 723. The van der Waals surface area contributed by atoms with E-state index in [2.05, 4.69) is 44.2 Å². The fourth-order valence-electron chi connectivity index (χ4n) is 7.70. The van der Waals surface area contributed by atoms with Crippen LogP contribution < -0.4 is 0 Å². The molecule has 1 N–H and O–H groups in total. The van der Waals surface area contributed by atoms with Crippen molar-refractivity contribution in [2.75, 3.05) is 0 Å². The molecule has 0 heterocycles. The van der Waals surface area contributed by atoms with Gasteiger partial charge in [-0.2, -0.15) is 0 Å². The van der Waals surface area contributed by atoms with Crippen LogP contribution in [0, 0.1) is 41.9 Å². The summed E-state index contributed by atoms with van der Waals surface area (Å²) in [5, 5.41) is 10.2. The van der Waals surface area contributed by atoms with Crippen LogP contribution in [-0.4, -0.2) is 11.2 Å². The summed E-state index contributed by atoms with van der Waals surface area (Å²) >= 11 is 0. The summed E-state index contributed by atoms with van der Waals surface area (Å²) in [5.74, 6) is 4.62. The minimum absolute atomic E-state index is 0. The van der Waals surface area contributed by atoms with Crippen LogP contribution >= 0.6 is 0 Å². The van der Waals surface area contributed by atoms with Crippen LogP contribution in [0.2, 0.25) is 0 Å². The molecular weight excluding hydrogens is 352 g/mol. The van der Waals surface area contributed by atoms with Gasteiger partial charge in [-0.05, 0) is 105 Å². The Balaban J connectivity index is 0.000000830. The quantitative estimate of drug-likeness (QED) is 0.518. The smallest absolute Gasteiger partial charge is 0.0577 e. The Labute approximate surface area is 180 Å². The fourth-order valence-corrected chi connectivity index (χ4v) is 7.70. The normalized spacial score (nSPS) is 40.7. The molecule has 1 aromatic carbocycles. The van der Waals surface area contributed by atoms with Crippen molar-refractivity contribution < 1.29 is 6.53 Å². The summed E-state index contributed by atoms with van der Waals surface area (Å²) in [7, 11) is 0. The summed E-state index contributed by atoms with van der Waals surface area (Å²) in [5.41, 5.74) is 4.92. The third kappa shape index (κ3) is 3.85. The monoisotopic (exact) mass is 396 g/mol. The molecule has 0 saturated heterocycles. The van der Waals surface area contributed by atoms with Gasteiger partial charge < -0.3 is 5.11 Å². The molecule has 7 unspecified atom stereocenters. The molecule has 0 spiro atoms. The Morgan fingerprint density at radius 2 is 1.69 bits per heavy atom. The van der Waals surface area contributed by atoms with Crippen LogP contribution in [0.3, 0.4) is 0 Å². The molecule has 3 fully saturated rings.